The SMILES string of the molecule is Cc1cc(C(=O)NC2CCC(C(=O)O)CC2)c(C)n1Cc1ccccc1. The van der Waals surface area contributed by atoms with Crippen molar-refractivity contribution < 1.29 is 14.7 Å². The van der Waals surface area contributed by atoms with Crippen LogP contribution in [0.15, 0.2) is 36.4 Å². The molecule has 5 nitrogen and oxygen atoms in total. The number of hydrogen-bond donors (Lipinski definition) is 2. The van der Waals surface area contributed by atoms with Crippen molar-refractivity contribution in [2.45, 2.75) is 52.1 Å². The molecular formula is C21H26N2O3. The fourth-order valence-electron chi connectivity index (χ4n) is 3.79. The average molecular weight is 354 g/mol. The van der Waals surface area contributed by atoms with Gasteiger partial charge in [-0.3, -0.25) is 9.59 Å². The maximum atomic E-state index is 12.7. The van der Waals surface area contributed by atoms with E-state index in [9.17, 15) is 9.59 Å². The molecule has 1 aromatic carbocycles. The number of carboxylic acid groups (broad SMARTS) is 1. The molecule has 138 valence electrons. The summed E-state index contributed by atoms with van der Waals surface area (Å²) in [6, 6.07) is 12.2. The van der Waals surface area contributed by atoms with Crippen molar-refractivity contribution >= 4 is 11.9 Å². The number of aryl methyl sites for hydroxylation is 1. The predicted octanol–water partition coefficient (Wildman–Crippen LogP) is 3.53. The van der Waals surface area contributed by atoms with Crippen molar-refractivity contribution in [3.8, 4) is 0 Å². The van der Waals surface area contributed by atoms with Gasteiger partial charge in [-0.1, -0.05) is 30.3 Å². The van der Waals surface area contributed by atoms with Crippen molar-refractivity contribution in [1.29, 1.82) is 0 Å². The largest absolute Gasteiger partial charge is 0.481 e. The highest BCUT2D eigenvalue weighted by atomic mass is 16.4. The van der Waals surface area contributed by atoms with Gasteiger partial charge in [-0.05, 0) is 51.2 Å². The van der Waals surface area contributed by atoms with E-state index in [1.807, 2.05) is 38.1 Å². The van der Waals surface area contributed by atoms with E-state index in [1.165, 1.54) is 5.56 Å². The fraction of sp³-hybridized carbons (Fsp3) is 0.429. The van der Waals surface area contributed by atoms with Gasteiger partial charge in [0.25, 0.3) is 5.91 Å². The Hall–Kier alpha value is -2.56. The van der Waals surface area contributed by atoms with E-state index in [4.69, 9.17) is 5.11 Å². The lowest BCUT2D eigenvalue weighted by Crippen LogP contribution is -2.38. The van der Waals surface area contributed by atoms with E-state index in [2.05, 4.69) is 22.0 Å². The summed E-state index contributed by atoms with van der Waals surface area (Å²) in [7, 11) is 0. The van der Waals surface area contributed by atoms with Crippen LogP contribution in [-0.4, -0.2) is 27.6 Å². The Labute approximate surface area is 154 Å². The lowest BCUT2D eigenvalue weighted by Gasteiger charge is -2.26. The number of hydrogen-bond acceptors (Lipinski definition) is 2. The summed E-state index contributed by atoms with van der Waals surface area (Å²) in [5.74, 6) is -1.05. The number of carbonyl (C=O) groups is 2. The van der Waals surface area contributed by atoms with E-state index < -0.39 is 5.97 Å². The van der Waals surface area contributed by atoms with Crippen LogP contribution in [0.5, 0.6) is 0 Å². The molecule has 0 unspecified atom stereocenters. The highest BCUT2D eigenvalue weighted by molar-refractivity contribution is 5.96. The van der Waals surface area contributed by atoms with Crippen molar-refractivity contribution in [3.63, 3.8) is 0 Å². The summed E-state index contributed by atoms with van der Waals surface area (Å²) in [4.78, 5) is 23.8. The minimum atomic E-state index is -0.723. The number of amides is 1. The van der Waals surface area contributed by atoms with Gasteiger partial charge in [0.15, 0.2) is 0 Å². The molecule has 1 aromatic heterocycles. The fourth-order valence-corrected chi connectivity index (χ4v) is 3.79. The van der Waals surface area contributed by atoms with Gasteiger partial charge in [0.1, 0.15) is 0 Å². The second kappa shape index (κ2) is 7.77. The zero-order valence-corrected chi connectivity index (χ0v) is 15.4. The van der Waals surface area contributed by atoms with Gasteiger partial charge in [-0.25, -0.2) is 0 Å². The third-order valence-corrected chi connectivity index (χ3v) is 5.41. The molecular weight excluding hydrogens is 328 g/mol. The first-order valence-electron chi connectivity index (χ1n) is 9.20. The molecule has 2 N–H and O–H groups in total. The Morgan fingerprint density at radius 1 is 1.12 bits per heavy atom. The van der Waals surface area contributed by atoms with Gasteiger partial charge in [-0.2, -0.15) is 0 Å². The molecule has 1 saturated carbocycles. The third kappa shape index (κ3) is 3.98. The quantitative estimate of drug-likeness (QED) is 0.863. The van der Waals surface area contributed by atoms with Crippen LogP contribution in [0.4, 0.5) is 0 Å². The Bertz CT molecular complexity index is 787. The normalized spacial score (nSPS) is 19.9. The van der Waals surface area contributed by atoms with Gasteiger partial charge in [0.2, 0.25) is 0 Å². The maximum Gasteiger partial charge on any atom is 0.306 e. The minimum Gasteiger partial charge on any atom is -0.481 e. The molecule has 1 aliphatic carbocycles. The van der Waals surface area contributed by atoms with Gasteiger partial charge in [0, 0.05) is 24.0 Å². The van der Waals surface area contributed by atoms with Crippen LogP contribution in [0.1, 0.15) is 53.0 Å². The molecule has 0 aliphatic heterocycles. The smallest absolute Gasteiger partial charge is 0.306 e. The second-order valence-corrected chi connectivity index (χ2v) is 7.22. The van der Waals surface area contributed by atoms with Crippen LogP contribution >= 0.6 is 0 Å². The molecule has 0 saturated heterocycles. The van der Waals surface area contributed by atoms with Crippen LogP contribution in [0, 0.1) is 19.8 Å². The first-order valence-corrected chi connectivity index (χ1v) is 9.20. The molecule has 0 bridgehead atoms. The molecule has 1 aliphatic rings. The number of nitrogens with zero attached hydrogens (tertiary/aromatic N) is 1. The third-order valence-electron chi connectivity index (χ3n) is 5.41. The van der Waals surface area contributed by atoms with Crippen LogP contribution < -0.4 is 5.32 Å². The van der Waals surface area contributed by atoms with E-state index in [1.54, 1.807) is 0 Å². The number of nitrogens with one attached hydrogen (secondary N) is 1. The van der Waals surface area contributed by atoms with E-state index in [0.717, 1.165) is 30.8 Å². The van der Waals surface area contributed by atoms with Gasteiger partial charge in [0.05, 0.1) is 11.5 Å². The van der Waals surface area contributed by atoms with Crippen LogP contribution in [-0.2, 0) is 11.3 Å². The van der Waals surface area contributed by atoms with Gasteiger partial charge in [-0.15, -0.1) is 0 Å². The molecule has 0 atom stereocenters. The Balaban J connectivity index is 1.67. The molecule has 3 rings (SSSR count). The van der Waals surface area contributed by atoms with Crippen molar-refractivity contribution in [1.82, 2.24) is 9.88 Å². The lowest BCUT2D eigenvalue weighted by atomic mass is 9.86. The van der Waals surface area contributed by atoms with Gasteiger partial charge < -0.3 is 15.0 Å². The average Bonchev–Trinajstić information content (AvgIpc) is 2.91. The van der Waals surface area contributed by atoms with Crippen molar-refractivity contribution in [2.75, 3.05) is 0 Å². The zero-order chi connectivity index (χ0) is 18.7. The number of carbonyl (C=O) groups excluding carboxylic acids is 1. The van der Waals surface area contributed by atoms with E-state index >= 15 is 0 Å². The number of aliphatic carboxylic acids is 1. The first kappa shape index (κ1) is 18.2. The molecule has 26 heavy (non-hydrogen) atoms. The molecule has 1 fully saturated rings. The number of benzene rings is 1. The monoisotopic (exact) mass is 354 g/mol. The summed E-state index contributed by atoms with van der Waals surface area (Å²) in [5.41, 5.74) is 3.93. The second-order valence-electron chi connectivity index (χ2n) is 7.22. The Morgan fingerprint density at radius 2 is 1.77 bits per heavy atom. The van der Waals surface area contributed by atoms with Gasteiger partial charge >= 0.3 is 5.97 Å². The van der Waals surface area contributed by atoms with Crippen molar-refractivity contribution in [2.24, 2.45) is 5.92 Å². The lowest BCUT2D eigenvalue weighted by molar-refractivity contribution is -0.142. The summed E-state index contributed by atoms with van der Waals surface area (Å²) >= 11 is 0. The molecule has 1 heterocycles. The van der Waals surface area contributed by atoms with E-state index in [0.29, 0.717) is 18.4 Å². The standard InChI is InChI=1S/C21H26N2O3/c1-14-12-19(15(2)23(14)13-16-6-4-3-5-7-16)20(24)22-18-10-8-17(9-11-18)21(25)26/h3-7,12,17-18H,8-11,13H2,1-2H3,(H,22,24)(H,25,26). The van der Waals surface area contributed by atoms with Crippen LogP contribution in [0.3, 0.4) is 0 Å². The zero-order valence-electron chi connectivity index (χ0n) is 15.4. The first-order chi connectivity index (χ1) is 12.5. The topological polar surface area (TPSA) is 71.3 Å². The summed E-state index contributed by atoms with van der Waals surface area (Å²) < 4.78 is 2.16. The summed E-state index contributed by atoms with van der Waals surface area (Å²) in [5, 5.41) is 12.2. The van der Waals surface area contributed by atoms with Crippen LogP contribution in [0.2, 0.25) is 0 Å². The number of aromatic nitrogens is 1. The highest BCUT2D eigenvalue weighted by Gasteiger charge is 2.27. The minimum absolute atomic E-state index is 0.0591. The number of carboxylic acids is 1. The molecule has 1 amide bonds. The Kier molecular flexibility index (Phi) is 5.45. The maximum absolute atomic E-state index is 12.7. The summed E-state index contributed by atoms with van der Waals surface area (Å²) in [6.45, 7) is 4.74. The number of rotatable bonds is 5. The Morgan fingerprint density at radius 3 is 2.38 bits per heavy atom. The molecule has 0 radical (unpaired) electrons. The predicted molar refractivity (Wildman–Crippen MR) is 100 cm³/mol. The highest BCUT2D eigenvalue weighted by Crippen LogP contribution is 2.25. The molecule has 5 heteroatoms. The summed E-state index contributed by atoms with van der Waals surface area (Å²) in [6.07, 6.45) is 2.72. The molecule has 2 aromatic rings. The van der Waals surface area contributed by atoms with Crippen molar-refractivity contribution in [3.05, 3.63) is 58.9 Å². The molecule has 0 spiro atoms. The van der Waals surface area contributed by atoms with E-state index in [-0.39, 0.29) is 17.9 Å². The van der Waals surface area contributed by atoms with Crippen LogP contribution in [0.25, 0.3) is 0 Å².